The van der Waals surface area contributed by atoms with Crippen LogP contribution in [0.15, 0.2) is 36.0 Å². The molecule has 0 radical (unpaired) electrons. The van der Waals surface area contributed by atoms with E-state index in [1.54, 1.807) is 30.5 Å². The minimum absolute atomic E-state index is 0.280. The van der Waals surface area contributed by atoms with Gasteiger partial charge in [-0.15, -0.1) is 0 Å². The number of nitrogens with one attached hydrogen (secondary N) is 2. The minimum atomic E-state index is -0.579. The van der Waals surface area contributed by atoms with Gasteiger partial charge in [0.25, 0.3) is 5.91 Å². The third kappa shape index (κ3) is 4.46. The number of hydrogen-bond acceptors (Lipinski definition) is 2. The van der Waals surface area contributed by atoms with Crippen LogP contribution in [-0.4, -0.2) is 11.9 Å². The summed E-state index contributed by atoms with van der Waals surface area (Å²) in [6.07, 6.45) is 1.65. The van der Waals surface area contributed by atoms with Crippen LogP contribution in [0.3, 0.4) is 0 Å². The Morgan fingerprint density at radius 3 is 2.47 bits per heavy atom. The van der Waals surface area contributed by atoms with E-state index in [1.807, 2.05) is 20.8 Å². The summed E-state index contributed by atoms with van der Waals surface area (Å²) in [7, 11) is 0. The van der Waals surface area contributed by atoms with Crippen LogP contribution < -0.4 is 16.4 Å². The molecule has 0 unspecified atom stereocenters. The van der Waals surface area contributed by atoms with Gasteiger partial charge in [-0.1, -0.05) is 31.6 Å². The van der Waals surface area contributed by atoms with Gasteiger partial charge in [0.1, 0.15) is 0 Å². The lowest BCUT2D eigenvalue weighted by atomic mass is 10.1. The fourth-order valence-electron chi connectivity index (χ4n) is 1.31. The maximum atomic E-state index is 11.7. The number of para-hydroxylation sites is 1. The van der Waals surface area contributed by atoms with E-state index in [0.717, 1.165) is 5.57 Å². The SMILES string of the molecule is C/C(=C\NC(=O)Nc1ccccc1C(N)=O)C(C)C. The van der Waals surface area contributed by atoms with Crippen LogP contribution in [0.5, 0.6) is 0 Å². The van der Waals surface area contributed by atoms with Gasteiger partial charge in [-0.25, -0.2) is 4.79 Å². The smallest absolute Gasteiger partial charge is 0.323 e. The highest BCUT2D eigenvalue weighted by Crippen LogP contribution is 2.14. The van der Waals surface area contributed by atoms with Crippen LogP contribution in [-0.2, 0) is 0 Å². The number of carbonyl (C=O) groups is 2. The highest BCUT2D eigenvalue weighted by Gasteiger charge is 2.09. The molecule has 0 aliphatic rings. The van der Waals surface area contributed by atoms with Gasteiger partial charge in [-0.2, -0.15) is 0 Å². The molecule has 5 nitrogen and oxygen atoms in total. The maximum absolute atomic E-state index is 11.7. The molecule has 0 aliphatic carbocycles. The van der Waals surface area contributed by atoms with Gasteiger partial charge in [-0.3, -0.25) is 4.79 Å². The second-order valence-electron chi connectivity index (χ2n) is 4.55. The summed E-state index contributed by atoms with van der Waals surface area (Å²) in [4.78, 5) is 22.9. The van der Waals surface area contributed by atoms with Crippen LogP contribution in [0.1, 0.15) is 31.1 Å². The van der Waals surface area contributed by atoms with Crippen molar-refractivity contribution >= 4 is 17.6 Å². The molecular formula is C14H19N3O2. The summed E-state index contributed by atoms with van der Waals surface area (Å²) in [5, 5.41) is 5.20. The Labute approximate surface area is 112 Å². The molecule has 4 N–H and O–H groups in total. The van der Waals surface area contributed by atoms with Gasteiger partial charge in [0.05, 0.1) is 11.3 Å². The first-order valence-corrected chi connectivity index (χ1v) is 6.04. The average Bonchev–Trinajstić information content (AvgIpc) is 2.36. The van der Waals surface area contributed by atoms with E-state index in [0.29, 0.717) is 11.6 Å². The third-order valence-corrected chi connectivity index (χ3v) is 2.78. The molecule has 5 heteroatoms. The van der Waals surface area contributed by atoms with Gasteiger partial charge in [-0.05, 0) is 25.0 Å². The summed E-state index contributed by atoms with van der Waals surface area (Å²) < 4.78 is 0. The molecule has 0 aromatic heterocycles. The predicted octanol–water partition coefficient (Wildman–Crippen LogP) is 2.47. The quantitative estimate of drug-likeness (QED) is 0.777. The molecule has 1 rings (SSSR count). The van der Waals surface area contributed by atoms with Crippen molar-refractivity contribution in [2.45, 2.75) is 20.8 Å². The highest BCUT2D eigenvalue weighted by atomic mass is 16.2. The van der Waals surface area contributed by atoms with Crippen molar-refractivity contribution < 1.29 is 9.59 Å². The molecule has 102 valence electrons. The molecule has 0 saturated carbocycles. The molecule has 19 heavy (non-hydrogen) atoms. The van der Waals surface area contributed by atoms with Crippen LogP contribution in [0.25, 0.3) is 0 Å². The van der Waals surface area contributed by atoms with Gasteiger partial charge in [0.15, 0.2) is 0 Å². The van der Waals surface area contributed by atoms with E-state index in [1.165, 1.54) is 0 Å². The Morgan fingerprint density at radius 1 is 1.26 bits per heavy atom. The van der Waals surface area contributed by atoms with Crippen molar-refractivity contribution in [2.75, 3.05) is 5.32 Å². The van der Waals surface area contributed by atoms with Crippen LogP contribution >= 0.6 is 0 Å². The molecule has 0 spiro atoms. The molecule has 0 aliphatic heterocycles. The molecule has 3 amide bonds. The number of primary amides is 1. The molecule has 0 fully saturated rings. The van der Waals surface area contributed by atoms with Crippen molar-refractivity contribution in [1.82, 2.24) is 5.32 Å². The van der Waals surface area contributed by atoms with Crippen molar-refractivity contribution in [3.8, 4) is 0 Å². The monoisotopic (exact) mass is 261 g/mol. The van der Waals surface area contributed by atoms with Crippen molar-refractivity contribution in [3.63, 3.8) is 0 Å². The van der Waals surface area contributed by atoms with E-state index < -0.39 is 11.9 Å². The summed E-state index contributed by atoms with van der Waals surface area (Å²) in [6.45, 7) is 6.00. The van der Waals surface area contributed by atoms with E-state index in [-0.39, 0.29) is 5.56 Å². The van der Waals surface area contributed by atoms with E-state index >= 15 is 0 Å². The first-order chi connectivity index (χ1) is 8.91. The Balaban J connectivity index is 2.73. The second kappa shape index (κ2) is 6.58. The van der Waals surface area contributed by atoms with Crippen LogP contribution in [0, 0.1) is 5.92 Å². The fraction of sp³-hybridized carbons (Fsp3) is 0.286. The highest BCUT2D eigenvalue weighted by molar-refractivity contribution is 6.02. The number of rotatable bonds is 4. The lowest BCUT2D eigenvalue weighted by molar-refractivity contribution is 0.100. The Bertz CT molecular complexity index is 507. The number of carbonyl (C=O) groups excluding carboxylic acids is 2. The number of benzene rings is 1. The number of anilines is 1. The van der Waals surface area contributed by atoms with Gasteiger partial charge < -0.3 is 16.4 Å². The lowest BCUT2D eigenvalue weighted by Gasteiger charge is -2.09. The normalized spacial score (nSPS) is 11.3. The summed E-state index contributed by atoms with van der Waals surface area (Å²) in [5.74, 6) is -0.219. The first kappa shape index (κ1) is 14.8. The van der Waals surface area contributed by atoms with Crippen molar-refractivity contribution in [2.24, 2.45) is 11.7 Å². The second-order valence-corrected chi connectivity index (χ2v) is 4.55. The van der Waals surface area contributed by atoms with Crippen molar-refractivity contribution in [3.05, 3.63) is 41.6 Å². The average molecular weight is 261 g/mol. The number of allylic oxidation sites excluding steroid dienone is 1. The molecule has 0 saturated heterocycles. The first-order valence-electron chi connectivity index (χ1n) is 6.04. The van der Waals surface area contributed by atoms with Gasteiger partial charge in [0, 0.05) is 6.20 Å². The van der Waals surface area contributed by atoms with Gasteiger partial charge >= 0.3 is 6.03 Å². The maximum Gasteiger partial charge on any atom is 0.323 e. The zero-order chi connectivity index (χ0) is 14.4. The molecule has 1 aromatic carbocycles. The van der Waals surface area contributed by atoms with E-state index in [2.05, 4.69) is 10.6 Å². The predicted molar refractivity (Wildman–Crippen MR) is 75.7 cm³/mol. The van der Waals surface area contributed by atoms with E-state index in [4.69, 9.17) is 5.73 Å². The number of nitrogens with two attached hydrogens (primary N) is 1. The van der Waals surface area contributed by atoms with Crippen molar-refractivity contribution in [1.29, 1.82) is 0 Å². The van der Waals surface area contributed by atoms with Crippen LogP contribution in [0.2, 0.25) is 0 Å². The molecular weight excluding hydrogens is 242 g/mol. The van der Waals surface area contributed by atoms with E-state index in [9.17, 15) is 9.59 Å². The minimum Gasteiger partial charge on any atom is -0.366 e. The largest absolute Gasteiger partial charge is 0.366 e. The number of hydrogen-bond donors (Lipinski definition) is 3. The Kier molecular flexibility index (Phi) is 5.11. The fourth-order valence-corrected chi connectivity index (χ4v) is 1.31. The van der Waals surface area contributed by atoms with Gasteiger partial charge in [0.2, 0.25) is 0 Å². The lowest BCUT2D eigenvalue weighted by Crippen LogP contribution is -2.26. The standard InChI is InChI=1S/C14H19N3O2/c1-9(2)10(3)8-16-14(19)17-12-7-5-4-6-11(12)13(15)18/h4-9H,1-3H3,(H2,15,18)(H2,16,17,19)/b10-8+. The summed E-state index contributed by atoms with van der Waals surface area (Å²) in [6, 6.07) is 6.18. The Morgan fingerprint density at radius 2 is 1.89 bits per heavy atom. The number of urea groups is 1. The zero-order valence-corrected chi connectivity index (χ0v) is 11.4. The Hall–Kier alpha value is -2.30. The summed E-state index contributed by atoms with van der Waals surface area (Å²) >= 11 is 0. The molecule has 1 aromatic rings. The topological polar surface area (TPSA) is 84.2 Å². The number of amides is 3. The third-order valence-electron chi connectivity index (χ3n) is 2.78. The molecule has 0 bridgehead atoms. The molecule has 0 atom stereocenters. The zero-order valence-electron chi connectivity index (χ0n) is 11.4. The molecule has 0 heterocycles. The summed E-state index contributed by atoms with van der Waals surface area (Å²) in [5.41, 5.74) is 6.96. The van der Waals surface area contributed by atoms with Crippen LogP contribution in [0.4, 0.5) is 10.5 Å².